The number of hydrogen-bond acceptors (Lipinski definition) is 2. The SMILES string of the molecule is CC.CSC(=S)Nc1ccccc1. The Bertz CT molecular complexity index is 234. The van der Waals surface area contributed by atoms with E-state index in [-0.39, 0.29) is 0 Å². The van der Waals surface area contributed by atoms with Crippen LogP contribution in [0.1, 0.15) is 13.8 Å². The Kier molecular flexibility index (Phi) is 7.74. The van der Waals surface area contributed by atoms with Crippen LogP contribution in [-0.4, -0.2) is 10.6 Å². The van der Waals surface area contributed by atoms with Crippen LogP contribution < -0.4 is 5.32 Å². The summed E-state index contributed by atoms with van der Waals surface area (Å²) in [6, 6.07) is 9.91. The van der Waals surface area contributed by atoms with Crippen molar-refractivity contribution >= 4 is 34.0 Å². The summed E-state index contributed by atoms with van der Waals surface area (Å²) in [4.78, 5) is 0. The lowest BCUT2D eigenvalue weighted by Gasteiger charge is -2.03. The molecule has 1 aromatic carbocycles. The highest BCUT2D eigenvalue weighted by atomic mass is 32.2. The van der Waals surface area contributed by atoms with Crippen molar-refractivity contribution in [1.29, 1.82) is 0 Å². The van der Waals surface area contributed by atoms with Crippen LogP contribution in [0.4, 0.5) is 5.69 Å². The fourth-order valence-electron chi connectivity index (χ4n) is 0.690. The van der Waals surface area contributed by atoms with Gasteiger partial charge in [0.15, 0.2) is 0 Å². The molecule has 1 nitrogen and oxygen atoms in total. The molecule has 0 saturated heterocycles. The van der Waals surface area contributed by atoms with Gasteiger partial charge in [-0.1, -0.05) is 44.3 Å². The molecule has 0 atom stereocenters. The third-order valence-electron chi connectivity index (χ3n) is 1.21. The molecule has 0 aliphatic rings. The second kappa shape index (κ2) is 8.08. The molecule has 1 aromatic rings. The zero-order chi connectivity index (χ0) is 10.1. The molecule has 0 amide bonds. The van der Waals surface area contributed by atoms with Crippen LogP contribution in [-0.2, 0) is 0 Å². The molecule has 0 fully saturated rings. The third kappa shape index (κ3) is 5.66. The van der Waals surface area contributed by atoms with E-state index >= 15 is 0 Å². The van der Waals surface area contributed by atoms with E-state index in [1.165, 1.54) is 11.8 Å². The van der Waals surface area contributed by atoms with Crippen molar-refractivity contribution in [3.8, 4) is 0 Å². The molecule has 0 spiro atoms. The van der Waals surface area contributed by atoms with E-state index in [4.69, 9.17) is 12.2 Å². The highest BCUT2D eigenvalue weighted by Gasteiger charge is 1.91. The Hall–Kier alpha value is -0.540. The second-order valence-corrected chi connectivity index (χ2v) is 3.47. The normalized spacial score (nSPS) is 8.23. The smallest absolute Gasteiger partial charge is 0.137 e. The van der Waals surface area contributed by atoms with Gasteiger partial charge in [0.1, 0.15) is 4.32 Å². The lowest BCUT2D eigenvalue weighted by atomic mass is 10.3. The molecule has 0 saturated carbocycles. The van der Waals surface area contributed by atoms with Gasteiger partial charge in [0.2, 0.25) is 0 Å². The van der Waals surface area contributed by atoms with Gasteiger partial charge in [0.05, 0.1) is 0 Å². The number of nitrogens with one attached hydrogen (secondary N) is 1. The van der Waals surface area contributed by atoms with Gasteiger partial charge >= 0.3 is 0 Å². The lowest BCUT2D eigenvalue weighted by Crippen LogP contribution is -2.02. The molecular weight excluding hydrogens is 198 g/mol. The average molecular weight is 213 g/mol. The van der Waals surface area contributed by atoms with Crippen LogP contribution in [0.5, 0.6) is 0 Å². The minimum absolute atomic E-state index is 0.802. The first-order valence-electron chi connectivity index (χ1n) is 4.23. The van der Waals surface area contributed by atoms with Crippen LogP contribution in [0.15, 0.2) is 30.3 Å². The summed E-state index contributed by atoms with van der Waals surface area (Å²) in [6.07, 6.45) is 1.96. The van der Waals surface area contributed by atoms with Crippen LogP contribution in [0.25, 0.3) is 0 Å². The molecule has 0 heterocycles. The Morgan fingerprint density at radius 2 is 1.77 bits per heavy atom. The Morgan fingerprint density at radius 3 is 2.23 bits per heavy atom. The highest BCUT2D eigenvalue weighted by molar-refractivity contribution is 8.22. The van der Waals surface area contributed by atoms with Crippen LogP contribution in [0, 0.1) is 0 Å². The molecule has 1 rings (SSSR count). The fourth-order valence-corrected chi connectivity index (χ4v) is 1.03. The summed E-state index contributed by atoms with van der Waals surface area (Å²) < 4.78 is 0.802. The third-order valence-corrected chi connectivity index (χ3v) is 2.28. The Morgan fingerprint density at radius 1 is 1.23 bits per heavy atom. The van der Waals surface area contributed by atoms with Crippen molar-refractivity contribution < 1.29 is 0 Å². The van der Waals surface area contributed by atoms with E-state index in [1.54, 1.807) is 0 Å². The van der Waals surface area contributed by atoms with Crippen LogP contribution in [0.3, 0.4) is 0 Å². The maximum Gasteiger partial charge on any atom is 0.137 e. The highest BCUT2D eigenvalue weighted by Crippen LogP contribution is 2.08. The largest absolute Gasteiger partial charge is 0.341 e. The molecular formula is C10H15NS2. The Balaban J connectivity index is 0.000000671. The molecule has 1 N–H and O–H groups in total. The van der Waals surface area contributed by atoms with Crippen molar-refractivity contribution in [3.05, 3.63) is 30.3 Å². The zero-order valence-electron chi connectivity index (χ0n) is 8.20. The van der Waals surface area contributed by atoms with Crippen LogP contribution >= 0.6 is 24.0 Å². The van der Waals surface area contributed by atoms with E-state index in [2.05, 4.69) is 5.32 Å². The number of rotatable bonds is 1. The van der Waals surface area contributed by atoms with Gasteiger partial charge in [-0.05, 0) is 18.4 Å². The van der Waals surface area contributed by atoms with E-state index in [9.17, 15) is 0 Å². The lowest BCUT2D eigenvalue weighted by molar-refractivity contribution is 1.50. The zero-order valence-corrected chi connectivity index (χ0v) is 9.84. The maximum absolute atomic E-state index is 4.99. The van der Waals surface area contributed by atoms with Gasteiger partial charge in [-0.2, -0.15) is 0 Å². The maximum atomic E-state index is 4.99. The first kappa shape index (κ1) is 12.5. The number of hydrogen-bond donors (Lipinski definition) is 1. The van der Waals surface area contributed by atoms with E-state index in [1.807, 2.05) is 50.4 Å². The molecule has 0 bridgehead atoms. The molecule has 72 valence electrons. The number of benzene rings is 1. The quantitative estimate of drug-likeness (QED) is 0.713. The van der Waals surface area contributed by atoms with E-state index < -0.39 is 0 Å². The standard InChI is InChI=1S/C8H9NS2.C2H6/c1-11-8(10)9-7-5-3-2-4-6-7;1-2/h2-6H,1H3,(H,9,10);1-2H3. The van der Waals surface area contributed by atoms with Crippen molar-refractivity contribution in [2.24, 2.45) is 0 Å². The molecule has 0 aromatic heterocycles. The van der Waals surface area contributed by atoms with Crippen molar-refractivity contribution in [1.82, 2.24) is 0 Å². The monoisotopic (exact) mass is 213 g/mol. The predicted octanol–water partition coefficient (Wildman–Crippen LogP) is 3.77. The molecule has 0 unspecified atom stereocenters. The second-order valence-electron chi connectivity index (χ2n) is 1.98. The molecule has 0 aliphatic heterocycles. The van der Waals surface area contributed by atoms with Gasteiger partial charge in [-0.25, -0.2) is 0 Å². The minimum Gasteiger partial charge on any atom is -0.341 e. The molecule has 13 heavy (non-hydrogen) atoms. The van der Waals surface area contributed by atoms with Crippen molar-refractivity contribution in [3.63, 3.8) is 0 Å². The first-order valence-corrected chi connectivity index (χ1v) is 5.86. The van der Waals surface area contributed by atoms with Gasteiger partial charge in [0, 0.05) is 5.69 Å². The fraction of sp³-hybridized carbons (Fsp3) is 0.300. The van der Waals surface area contributed by atoms with Crippen molar-refractivity contribution in [2.75, 3.05) is 11.6 Å². The van der Waals surface area contributed by atoms with E-state index in [0.29, 0.717) is 0 Å². The number of para-hydroxylation sites is 1. The average Bonchev–Trinajstić information content (AvgIpc) is 2.22. The number of anilines is 1. The number of thioether (sulfide) groups is 1. The first-order chi connectivity index (χ1) is 6.33. The Labute approximate surface area is 89.9 Å². The molecule has 0 radical (unpaired) electrons. The summed E-state index contributed by atoms with van der Waals surface area (Å²) in [5, 5.41) is 3.09. The summed E-state index contributed by atoms with van der Waals surface area (Å²) in [5.74, 6) is 0. The number of thiocarbonyl (C=S) groups is 1. The summed E-state index contributed by atoms with van der Waals surface area (Å²) in [6.45, 7) is 4.00. The van der Waals surface area contributed by atoms with Gasteiger partial charge < -0.3 is 5.32 Å². The molecule has 3 heteroatoms. The van der Waals surface area contributed by atoms with Crippen LogP contribution in [0.2, 0.25) is 0 Å². The van der Waals surface area contributed by atoms with E-state index in [0.717, 1.165) is 10.0 Å². The topological polar surface area (TPSA) is 12.0 Å². The summed E-state index contributed by atoms with van der Waals surface area (Å²) in [5.41, 5.74) is 1.05. The molecule has 0 aliphatic carbocycles. The van der Waals surface area contributed by atoms with Crippen molar-refractivity contribution in [2.45, 2.75) is 13.8 Å². The van der Waals surface area contributed by atoms with Gasteiger partial charge in [-0.3, -0.25) is 0 Å². The summed E-state index contributed by atoms with van der Waals surface area (Å²) in [7, 11) is 0. The minimum atomic E-state index is 0.802. The summed E-state index contributed by atoms with van der Waals surface area (Å²) >= 11 is 6.53. The van der Waals surface area contributed by atoms with Gasteiger partial charge in [0.25, 0.3) is 0 Å². The predicted molar refractivity (Wildman–Crippen MR) is 67.5 cm³/mol. The van der Waals surface area contributed by atoms with Gasteiger partial charge in [-0.15, -0.1) is 11.8 Å².